The van der Waals surface area contributed by atoms with E-state index in [2.05, 4.69) is 17.1 Å². The molecule has 2 atom stereocenters. The molecule has 0 unspecified atom stereocenters. The van der Waals surface area contributed by atoms with E-state index in [1.165, 1.54) is 0 Å². The summed E-state index contributed by atoms with van der Waals surface area (Å²) in [7, 11) is 0. The third-order valence-electron chi connectivity index (χ3n) is 5.67. The van der Waals surface area contributed by atoms with Crippen LogP contribution in [0.1, 0.15) is 19.8 Å². The lowest BCUT2D eigenvalue weighted by atomic mass is 10.2. The molecule has 0 spiro atoms. The highest BCUT2D eigenvalue weighted by Crippen LogP contribution is 2.47. The van der Waals surface area contributed by atoms with E-state index in [-0.39, 0.29) is 16.7 Å². The number of anilines is 2. The Kier molecular flexibility index (Phi) is 4.48. The molecule has 0 saturated carbocycles. The van der Waals surface area contributed by atoms with Gasteiger partial charge >= 0.3 is 0 Å². The summed E-state index contributed by atoms with van der Waals surface area (Å²) in [5, 5.41) is 4.01. The Bertz CT molecular complexity index is 942. The minimum atomic E-state index is -0.397. The summed E-state index contributed by atoms with van der Waals surface area (Å²) in [6.07, 6.45) is 1.35. The number of thiazole rings is 1. The Morgan fingerprint density at radius 3 is 3.00 bits per heavy atom. The average Bonchev–Trinajstić information content (AvgIpc) is 3.35. The van der Waals surface area contributed by atoms with Crippen molar-refractivity contribution < 1.29 is 14.3 Å². The number of nitrogens with zero attached hydrogens (tertiary/aromatic N) is 3. The molecular formula is C19H22N4O3S2. The van der Waals surface area contributed by atoms with Gasteiger partial charge in [-0.2, -0.15) is 0 Å². The van der Waals surface area contributed by atoms with Crippen LogP contribution in [0.5, 0.6) is 0 Å². The first kappa shape index (κ1) is 18.2. The lowest BCUT2D eigenvalue weighted by molar-refractivity contribution is -0.135. The molecule has 2 amide bonds. The summed E-state index contributed by atoms with van der Waals surface area (Å²) in [4.78, 5) is 33.7. The van der Waals surface area contributed by atoms with E-state index in [1.807, 2.05) is 18.2 Å². The zero-order chi connectivity index (χ0) is 19.3. The van der Waals surface area contributed by atoms with Crippen LogP contribution in [0.15, 0.2) is 18.2 Å². The van der Waals surface area contributed by atoms with E-state index in [4.69, 9.17) is 9.72 Å². The van der Waals surface area contributed by atoms with Crippen molar-refractivity contribution in [3.05, 3.63) is 18.2 Å². The van der Waals surface area contributed by atoms with Crippen molar-refractivity contribution in [2.75, 3.05) is 42.3 Å². The van der Waals surface area contributed by atoms with Crippen molar-refractivity contribution in [3.8, 4) is 0 Å². The van der Waals surface area contributed by atoms with Crippen LogP contribution < -0.4 is 10.2 Å². The largest absolute Gasteiger partial charge is 0.378 e. The lowest BCUT2D eigenvalue weighted by Crippen LogP contribution is -2.48. The average molecular weight is 419 g/mol. The van der Waals surface area contributed by atoms with Gasteiger partial charge < -0.3 is 19.9 Å². The molecule has 3 saturated heterocycles. The maximum Gasteiger partial charge on any atom is 0.248 e. The fourth-order valence-electron chi connectivity index (χ4n) is 4.12. The highest BCUT2D eigenvalue weighted by Gasteiger charge is 2.52. The number of carbonyl (C=O) groups excluding carboxylic acids is 2. The maximum atomic E-state index is 12.9. The first-order valence-electron chi connectivity index (χ1n) is 9.54. The number of amides is 2. The molecule has 3 aliphatic rings. The molecule has 4 heterocycles. The van der Waals surface area contributed by atoms with Crippen molar-refractivity contribution in [1.29, 1.82) is 0 Å². The van der Waals surface area contributed by atoms with Gasteiger partial charge in [-0.3, -0.25) is 9.59 Å². The van der Waals surface area contributed by atoms with Gasteiger partial charge in [-0.1, -0.05) is 11.3 Å². The first-order chi connectivity index (χ1) is 13.5. The summed E-state index contributed by atoms with van der Waals surface area (Å²) in [5.41, 5.74) is 1.68. The molecule has 2 aromatic rings. The van der Waals surface area contributed by atoms with Gasteiger partial charge in [0.25, 0.3) is 0 Å². The van der Waals surface area contributed by atoms with Gasteiger partial charge in [0, 0.05) is 31.0 Å². The molecule has 0 radical (unpaired) electrons. The molecule has 9 heteroatoms. The predicted octanol–water partition coefficient (Wildman–Crippen LogP) is 2.53. The maximum absolute atomic E-state index is 12.9. The normalized spacial score (nSPS) is 27.5. The Morgan fingerprint density at radius 1 is 1.36 bits per heavy atom. The van der Waals surface area contributed by atoms with Crippen LogP contribution >= 0.6 is 23.1 Å². The molecule has 3 aliphatic heterocycles. The third-order valence-corrected chi connectivity index (χ3v) is 8.26. The van der Waals surface area contributed by atoms with Gasteiger partial charge in [0.15, 0.2) is 5.13 Å². The van der Waals surface area contributed by atoms with E-state index in [1.54, 1.807) is 28.0 Å². The molecule has 1 N–H and O–H groups in total. The number of morpholine rings is 1. The summed E-state index contributed by atoms with van der Waals surface area (Å²) >= 11 is 3.34. The number of carbonyl (C=O) groups is 2. The van der Waals surface area contributed by atoms with E-state index in [0.717, 1.165) is 53.8 Å². The van der Waals surface area contributed by atoms with Crippen LogP contribution in [0.3, 0.4) is 0 Å². The second-order valence-corrected chi connectivity index (χ2v) is 10.0. The van der Waals surface area contributed by atoms with Gasteiger partial charge in [-0.05, 0) is 31.5 Å². The lowest BCUT2D eigenvalue weighted by Gasteiger charge is -2.29. The summed E-state index contributed by atoms with van der Waals surface area (Å²) in [5.74, 6) is 0.627. The Labute approximate surface area is 171 Å². The molecule has 148 valence electrons. The molecule has 3 fully saturated rings. The number of ether oxygens (including phenoxy) is 1. The SMILES string of the molecule is C[C@]12CCC(=O)N1[C@@H](C(=O)Nc1ccc3nc(N4CCOCC4)sc3c1)CS2. The van der Waals surface area contributed by atoms with E-state index < -0.39 is 6.04 Å². The van der Waals surface area contributed by atoms with E-state index >= 15 is 0 Å². The Morgan fingerprint density at radius 2 is 2.18 bits per heavy atom. The smallest absolute Gasteiger partial charge is 0.248 e. The van der Waals surface area contributed by atoms with Crippen molar-refractivity contribution in [2.24, 2.45) is 0 Å². The summed E-state index contributed by atoms with van der Waals surface area (Å²) in [6.45, 7) is 5.22. The monoisotopic (exact) mass is 418 g/mol. The number of nitrogens with one attached hydrogen (secondary N) is 1. The second kappa shape index (κ2) is 6.89. The van der Waals surface area contributed by atoms with Gasteiger partial charge in [0.2, 0.25) is 11.8 Å². The van der Waals surface area contributed by atoms with Crippen molar-refractivity contribution in [2.45, 2.75) is 30.7 Å². The molecule has 1 aromatic heterocycles. The van der Waals surface area contributed by atoms with Crippen LogP contribution in [-0.2, 0) is 14.3 Å². The number of thioether (sulfide) groups is 1. The van der Waals surface area contributed by atoms with Crippen LogP contribution in [0.4, 0.5) is 10.8 Å². The Balaban J connectivity index is 1.33. The molecular weight excluding hydrogens is 396 g/mol. The Hall–Kier alpha value is -1.84. The van der Waals surface area contributed by atoms with Crippen LogP contribution in [0.2, 0.25) is 0 Å². The van der Waals surface area contributed by atoms with Crippen LogP contribution in [-0.4, -0.2) is 64.7 Å². The van der Waals surface area contributed by atoms with Gasteiger partial charge in [-0.15, -0.1) is 11.8 Å². The zero-order valence-electron chi connectivity index (χ0n) is 15.6. The molecule has 7 nitrogen and oxygen atoms in total. The fraction of sp³-hybridized carbons (Fsp3) is 0.526. The minimum Gasteiger partial charge on any atom is -0.378 e. The van der Waals surface area contributed by atoms with E-state index in [0.29, 0.717) is 12.2 Å². The number of benzene rings is 1. The molecule has 5 rings (SSSR count). The standard InChI is InChI=1S/C19H22N4O3S2/c1-19-5-4-16(24)23(19)14(11-27-19)17(25)20-12-2-3-13-15(10-12)28-18(21-13)22-6-8-26-9-7-22/h2-3,10,14H,4-9,11H2,1H3,(H,20,25)/t14-,19+/m1/s1. The second-order valence-electron chi connectivity index (χ2n) is 7.53. The quantitative estimate of drug-likeness (QED) is 0.826. The highest BCUT2D eigenvalue weighted by molar-refractivity contribution is 8.01. The predicted molar refractivity (Wildman–Crippen MR) is 112 cm³/mol. The number of hydrogen-bond acceptors (Lipinski definition) is 7. The number of aromatic nitrogens is 1. The highest BCUT2D eigenvalue weighted by atomic mass is 32.2. The van der Waals surface area contributed by atoms with Crippen LogP contribution in [0, 0.1) is 0 Å². The molecule has 28 heavy (non-hydrogen) atoms. The molecule has 0 bridgehead atoms. The number of fused-ring (bicyclic) bond motifs is 2. The van der Waals surface area contributed by atoms with Crippen LogP contribution in [0.25, 0.3) is 10.2 Å². The fourth-order valence-corrected chi connectivity index (χ4v) is 6.61. The van der Waals surface area contributed by atoms with Gasteiger partial charge in [-0.25, -0.2) is 4.98 Å². The van der Waals surface area contributed by atoms with Crippen molar-refractivity contribution >= 4 is 55.9 Å². The third kappa shape index (κ3) is 3.05. The summed E-state index contributed by atoms with van der Waals surface area (Å²) < 4.78 is 6.45. The molecule has 1 aromatic carbocycles. The van der Waals surface area contributed by atoms with Crippen molar-refractivity contribution in [1.82, 2.24) is 9.88 Å². The summed E-state index contributed by atoms with van der Waals surface area (Å²) in [6, 6.07) is 5.41. The van der Waals surface area contributed by atoms with Gasteiger partial charge in [0.1, 0.15) is 6.04 Å². The minimum absolute atomic E-state index is 0.0840. The van der Waals surface area contributed by atoms with E-state index in [9.17, 15) is 9.59 Å². The zero-order valence-corrected chi connectivity index (χ0v) is 17.3. The topological polar surface area (TPSA) is 74.8 Å². The number of hydrogen-bond donors (Lipinski definition) is 1. The first-order valence-corrected chi connectivity index (χ1v) is 11.3. The number of rotatable bonds is 3. The van der Waals surface area contributed by atoms with Gasteiger partial charge in [0.05, 0.1) is 28.3 Å². The molecule has 0 aliphatic carbocycles. The van der Waals surface area contributed by atoms with Crippen molar-refractivity contribution in [3.63, 3.8) is 0 Å².